The van der Waals surface area contributed by atoms with Crippen LogP contribution in [0, 0.1) is 23.5 Å². The smallest absolute Gasteiger partial charge is 0.314 e. The molecule has 7 heteroatoms. The fourth-order valence-corrected chi connectivity index (χ4v) is 4.39. The predicted octanol–water partition coefficient (Wildman–Crippen LogP) is 9.20. The van der Waals surface area contributed by atoms with Crippen molar-refractivity contribution in [3.63, 3.8) is 0 Å². The highest BCUT2D eigenvalue weighted by Gasteiger charge is 2.17. The summed E-state index contributed by atoms with van der Waals surface area (Å²) in [6.07, 6.45) is 12.6. The topological polar surface area (TPSA) is 61.3 Å². The molecular weight excluding hydrogens is 510 g/mol. The first-order valence-corrected chi connectivity index (χ1v) is 14.5. The van der Waals surface area contributed by atoms with Gasteiger partial charge in [-0.2, -0.15) is 0 Å². The Kier molecular flexibility index (Phi) is 12.5. The van der Waals surface area contributed by atoms with Crippen LogP contribution >= 0.6 is 0 Å². The molecule has 0 aliphatic heterocycles. The van der Waals surface area contributed by atoms with E-state index in [2.05, 4.69) is 30.7 Å². The Morgan fingerprint density at radius 3 is 2.23 bits per heavy atom. The molecule has 0 radical (unpaired) electrons. The van der Waals surface area contributed by atoms with Gasteiger partial charge in [0.25, 0.3) is 0 Å². The maximum absolute atomic E-state index is 14.9. The summed E-state index contributed by atoms with van der Waals surface area (Å²) >= 11 is 0. The molecule has 0 saturated heterocycles. The second kappa shape index (κ2) is 16.0. The second-order valence-electron chi connectivity index (χ2n) is 10.8. The van der Waals surface area contributed by atoms with Crippen LogP contribution in [0.3, 0.4) is 0 Å². The molecule has 216 valence electrons. The third-order valence-corrected chi connectivity index (χ3v) is 6.89. The highest BCUT2D eigenvalue weighted by atomic mass is 19.1. The van der Waals surface area contributed by atoms with E-state index in [0.717, 1.165) is 32.1 Å². The second-order valence-corrected chi connectivity index (χ2v) is 10.8. The van der Waals surface area contributed by atoms with Crippen molar-refractivity contribution in [2.75, 3.05) is 6.61 Å². The van der Waals surface area contributed by atoms with Crippen molar-refractivity contribution in [1.29, 1.82) is 0 Å². The molecule has 1 unspecified atom stereocenters. The highest BCUT2D eigenvalue weighted by molar-refractivity contribution is 5.75. The summed E-state index contributed by atoms with van der Waals surface area (Å²) in [6, 6.07) is 8.96. The Balaban J connectivity index is 1.56. The summed E-state index contributed by atoms with van der Waals surface area (Å²) in [4.78, 5) is 20.9. The van der Waals surface area contributed by atoms with Gasteiger partial charge in [-0.1, -0.05) is 78.7 Å². The van der Waals surface area contributed by atoms with Crippen molar-refractivity contribution >= 4 is 5.97 Å². The van der Waals surface area contributed by atoms with E-state index in [1.807, 2.05) is 6.92 Å². The molecule has 0 bridgehead atoms. The molecule has 0 N–H and O–H groups in total. The molecule has 1 atom stereocenters. The third-order valence-electron chi connectivity index (χ3n) is 6.89. The number of hydrogen-bond acceptors (Lipinski definition) is 5. The zero-order chi connectivity index (χ0) is 28.9. The maximum Gasteiger partial charge on any atom is 0.314 e. The number of halogens is 2. The average molecular weight is 553 g/mol. The first-order chi connectivity index (χ1) is 19.3. The van der Waals surface area contributed by atoms with Gasteiger partial charge in [0, 0.05) is 24.0 Å². The summed E-state index contributed by atoms with van der Waals surface area (Å²) in [7, 11) is 0. The summed E-state index contributed by atoms with van der Waals surface area (Å²) in [6.45, 7) is 8.80. The number of nitrogens with zero attached hydrogens (tertiary/aromatic N) is 2. The molecule has 1 aromatic heterocycles. The first kappa shape index (κ1) is 31.2. The number of hydrogen-bond donors (Lipinski definition) is 0. The van der Waals surface area contributed by atoms with Crippen LogP contribution in [0.4, 0.5) is 8.78 Å². The number of carbonyl (C=O) groups excluding carboxylic acids is 1. The predicted molar refractivity (Wildman–Crippen MR) is 155 cm³/mol. The Bertz CT molecular complexity index is 1210. The molecular formula is C33H42F2N2O3. The van der Waals surface area contributed by atoms with Crippen LogP contribution in [0.25, 0.3) is 22.5 Å². The minimum absolute atomic E-state index is 0.146. The van der Waals surface area contributed by atoms with E-state index in [-0.39, 0.29) is 34.8 Å². The Morgan fingerprint density at radius 1 is 0.825 bits per heavy atom. The summed E-state index contributed by atoms with van der Waals surface area (Å²) in [5, 5.41) is 0. The van der Waals surface area contributed by atoms with E-state index < -0.39 is 11.6 Å². The van der Waals surface area contributed by atoms with Crippen molar-refractivity contribution in [2.45, 2.75) is 85.5 Å². The van der Waals surface area contributed by atoms with Gasteiger partial charge in [0.05, 0.1) is 18.1 Å². The number of aromatic nitrogens is 2. The Hall–Kier alpha value is -3.35. The molecule has 0 fully saturated rings. The van der Waals surface area contributed by atoms with Gasteiger partial charge in [0.1, 0.15) is 11.6 Å². The highest BCUT2D eigenvalue weighted by Crippen LogP contribution is 2.28. The number of carbonyl (C=O) groups is 1. The average Bonchev–Trinajstić information content (AvgIpc) is 2.93. The summed E-state index contributed by atoms with van der Waals surface area (Å²) in [5.74, 6) is -0.537. The number of unbranched alkanes of at least 4 members (excludes halogenated alkanes) is 5. The molecule has 3 aromatic rings. The number of benzene rings is 2. The lowest BCUT2D eigenvalue weighted by atomic mass is 10.00. The molecule has 1 heterocycles. The largest absolute Gasteiger partial charge is 0.491 e. The lowest BCUT2D eigenvalue weighted by molar-refractivity contribution is -0.138. The molecule has 2 aromatic carbocycles. The zero-order valence-electron chi connectivity index (χ0n) is 24.2. The van der Waals surface area contributed by atoms with Crippen molar-refractivity contribution in [3.05, 3.63) is 60.4 Å². The van der Waals surface area contributed by atoms with Gasteiger partial charge in [0.15, 0.2) is 17.4 Å². The fourth-order valence-electron chi connectivity index (χ4n) is 4.39. The summed E-state index contributed by atoms with van der Waals surface area (Å²) < 4.78 is 40.5. The maximum atomic E-state index is 14.9. The van der Waals surface area contributed by atoms with Gasteiger partial charge in [-0.3, -0.25) is 4.79 Å². The number of esters is 1. The minimum atomic E-state index is -0.594. The van der Waals surface area contributed by atoms with Crippen LogP contribution in [-0.2, 0) is 4.79 Å². The van der Waals surface area contributed by atoms with Gasteiger partial charge < -0.3 is 9.47 Å². The van der Waals surface area contributed by atoms with E-state index in [9.17, 15) is 13.6 Å². The SMILES string of the molecule is CCCCCCCCOc1ccc(-c2cnc(-c3ccc(OC(=O)C(C)CCCC(C)C)cc3F)nc2)cc1F. The van der Waals surface area contributed by atoms with E-state index in [1.54, 1.807) is 12.1 Å². The molecule has 0 aliphatic carbocycles. The molecule has 5 nitrogen and oxygen atoms in total. The molecule has 0 spiro atoms. The standard InChI is InChI=1S/C33H42F2N2O3/c1-5-6-7-8-9-10-18-39-31-17-14-25(19-30(31)35)26-21-36-32(37-22-26)28-16-15-27(20-29(28)34)40-33(38)24(4)13-11-12-23(2)3/h14-17,19-24H,5-13,18H2,1-4H3. The van der Waals surface area contributed by atoms with Crippen LogP contribution in [0.15, 0.2) is 48.8 Å². The van der Waals surface area contributed by atoms with Crippen LogP contribution in [-0.4, -0.2) is 22.5 Å². The summed E-state index contributed by atoms with van der Waals surface area (Å²) in [5.41, 5.74) is 1.38. The van der Waals surface area contributed by atoms with Gasteiger partial charge in [-0.25, -0.2) is 18.7 Å². The van der Waals surface area contributed by atoms with Crippen LogP contribution in [0.1, 0.15) is 85.5 Å². The van der Waals surface area contributed by atoms with E-state index >= 15 is 0 Å². The van der Waals surface area contributed by atoms with Gasteiger partial charge >= 0.3 is 5.97 Å². The van der Waals surface area contributed by atoms with Crippen LogP contribution in [0.2, 0.25) is 0 Å². The van der Waals surface area contributed by atoms with Gasteiger partial charge in [-0.05, 0) is 48.6 Å². The molecule has 0 amide bonds. The number of ether oxygens (including phenoxy) is 2. The van der Waals surface area contributed by atoms with E-state index in [1.165, 1.54) is 62.3 Å². The molecule has 3 rings (SSSR count). The van der Waals surface area contributed by atoms with Crippen molar-refractivity contribution < 1.29 is 23.0 Å². The molecule has 0 aliphatic rings. The minimum Gasteiger partial charge on any atom is -0.491 e. The van der Waals surface area contributed by atoms with E-state index in [0.29, 0.717) is 23.7 Å². The third kappa shape index (κ3) is 9.68. The van der Waals surface area contributed by atoms with Crippen LogP contribution < -0.4 is 9.47 Å². The number of rotatable bonds is 16. The monoisotopic (exact) mass is 552 g/mol. The molecule has 40 heavy (non-hydrogen) atoms. The zero-order valence-corrected chi connectivity index (χ0v) is 24.2. The lowest BCUT2D eigenvalue weighted by Crippen LogP contribution is -2.18. The van der Waals surface area contributed by atoms with Gasteiger partial charge in [0.2, 0.25) is 0 Å². The van der Waals surface area contributed by atoms with Crippen molar-refractivity contribution in [3.8, 4) is 34.0 Å². The normalized spacial score (nSPS) is 12.0. The van der Waals surface area contributed by atoms with Crippen LogP contribution in [0.5, 0.6) is 11.5 Å². The Labute approximate surface area is 237 Å². The van der Waals surface area contributed by atoms with Crippen molar-refractivity contribution in [2.24, 2.45) is 11.8 Å². The lowest BCUT2D eigenvalue weighted by Gasteiger charge is -2.12. The first-order valence-electron chi connectivity index (χ1n) is 14.5. The molecule has 0 saturated carbocycles. The van der Waals surface area contributed by atoms with Crippen molar-refractivity contribution in [1.82, 2.24) is 9.97 Å². The van der Waals surface area contributed by atoms with E-state index in [4.69, 9.17) is 9.47 Å². The quantitative estimate of drug-likeness (QED) is 0.101. The van der Waals surface area contributed by atoms with Gasteiger partial charge in [-0.15, -0.1) is 0 Å². The fraction of sp³-hybridized carbons (Fsp3) is 0.485. The Morgan fingerprint density at radius 2 is 1.55 bits per heavy atom.